The SMILES string of the molecule is Cc1c(CS(=O)(=O)Cc2noc(-c3cccs3)n2)noc1-c1ccc(Cl)cc1. The van der Waals surface area contributed by atoms with Gasteiger partial charge in [-0.25, -0.2) is 8.42 Å². The Bertz CT molecular complexity index is 1200. The van der Waals surface area contributed by atoms with Crippen LogP contribution in [0, 0.1) is 6.92 Å². The Hall–Kier alpha value is -2.49. The summed E-state index contributed by atoms with van der Waals surface area (Å²) >= 11 is 7.34. The fourth-order valence-electron chi connectivity index (χ4n) is 2.64. The van der Waals surface area contributed by atoms with E-state index in [0.29, 0.717) is 27.9 Å². The van der Waals surface area contributed by atoms with Gasteiger partial charge in [0.2, 0.25) is 0 Å². The van der Waals surface area contributed by atoms with Gasteiger partial charge in [-0.05, 0) is 42.6 Å². The first-order valence-electron chi connectivity index (χ1n) is 8.19. The first-order valence-corrected chi connectivity index (χ1v) is 11.3. The standard InChI is InChI=1S/C18H14ClN3O4S2/c1-11-14(21-25-17(11)12-4-6-13(19)7-5-12)9-28(23,24)10-16-20-18(26-22-16)15-3-2-8-27-15/h2-8H,9-10H2,1H3. The largest absolute Gasteiger partial charge is 0.356 e. The third-order valence-corrected chi connectivity index (χ3v) is 6.55. The molecule has 3 heterocycles. The summed E-state index contributed by atoms with van der Waals surface area (Å²) in [6.45, 7) is 1.77. The molecule has 0 N–H and O–H groups in total. The van der Waals surface area contributed by atoms with Crippen molar-refractivity contribution in [3.05, 3.63) is 63.9 Å². The van der Waals surface area contributed by atoms with E-state index >= 15 is 0 Å². The lowest BCUT2D eigenvalue weighted by atomic mass is 10.1. The molecule has 144 valence electrons. The number of thiophene rings is 1. The summed E-state index contributed by atoms with van der Waals surface area (Å²) in [5.74, 6) is 0.315. The van der Waals surface area contributed by atoms with E-state index in [0.717, 1.165) is 10.4 Å². The Balaban J connectivity index is 1.51. The van der Waals surface area contributed by atoms with Crippen LogP contribution in [0.3, 0.4) is 0 Å². The number of hydrogen-bond donors (Lipinski definition) is 0. The zero-order valence-electron chi connectivity index (χ0n) is 14.6. The van der Waals surface area contributed by atoms with Gasteiger partial charge in [-0.1, -0.05) is 28.0 Å². The van der Waals surface area contributed by atoms with Gasteiger partial charge in [0.1, 0.15) is 11.4 Å². The highest BCUT2D eigenvalue weighted by Gasteiger charge is 2.23. The van der Waals surface area contributed by atoms with Gasteiger partial charge in [0.25, 0.3) is 5.89 Å². The molecule has 0 aliphatic rings. The first-order chi connectivity index (χ1) is 13.4. The molecule has 3 aromatic heterocycles. The maximum atomic E-state index is 12.6. The smallest absolute Gasteiger partial charge is 0.268 e. The van der Waals surface area contributed by atoms with Crippen molar-refractivity contribution < 1.29 is 17.5 Å². The Kier molecular flexibility index (Phi) is 5.05. The molecule has 0 unspecified atom stereocenters. The van der Waals surface area contributed by atoms with Crippen molar-refractivity contribution in [3.63, 3.8) is 0 Å². The molecule has 4 rings (SSSR count). The number of rotatable bonds is 6. The van der Waals surface area contributed by atoms with Crippen LogP contribution in [0.25, 0.3) is 22.1 Å². The van der Waals surface area contributed by atoms with Crippen LogP contribution in [0.15, 0.2) is 50.8 Å². The fraction of sp³-hybridized carbons (Fsp3) is 0.167. The molecule has 28 heavy (non-hydrogen) atoms. The Morgan fingerprint density at radius 2 is 1.86 bits per heavy atom. The minimum absolute atomic E-state index is 0.113. The number of halogens is 1. The molecule has 0 aliphatic heterocycles. The second kappa shape index (κ2) is 7.50. The molecule has 10 heteroatoms. The minimum Gasteiger partial charge on any atom is -0.356 e. The van der Waals surface area contributed by atoms with E-state index in [2.05, 4.69) is 15.3 Å². The molecule has 0 saturated carbocycles. The Labute approximate surface area is 169 Å². The maximum absolute atomic E-state index is 12.6. The van der Waals surface area contributed by atoms with Crippen molar-refractivity contribution in [3.8, 4) is 22.1 Å². The van der Waals surface area contributed by atoms with Crippen LogP contribution in [-0.4, -0.2) is 23.7 Å². The van der Waals surface area contributed by atoms with E-state index in [1.54, 1.807) is 31.2 Å². The molecular formula is C18H14ClN3O4S2. The number of aromatic nitrogens is 3. The van der Waals surface area contributed by atoms with E-state index < -0.39 is 9.84 Å². The van der Waals surface area contributed by atoms with Crippen LogP contribution >= 0.6 is 22.9 Å². The molecule has 1 aromatic carbocycles. The van der Waals surface area contributed by atoms with Crippen LogP contribution in [-0.2, 0) is 21.3 Å². The molecule has 0 atom stereocenters. The number of benzene rings is 1. The third-order valence-electron chi connectivity index (χ3n) is 4.03. The van der Waals surface area contributed by atoms with Crippen LogP contribution in [0.4, 0.5) is 0 Å². The maximum Gasteiger partial charge on any atom is 0.268 e. The van der Waals surface area contributed by atoms with Gasteiger partial charge < -0.3 is 9.05 Å². The molecule has 0 aliphatic carbocycles. The predicted octanol–water partition coefficient (Wildman–Crippen LogP) is 4.53. The zero-order valence-corrected chi connectivity index (χ0v) is 17.0. The topological polar surface area (TPSA) is 99.1 Å². The highest BCUT2D eigenvalue weighted by molar-refractivity contribution is 7.89. The van der Waals surface area contributed by atoms with Crippen molar-refractivity contribution in [2.75, 3.05) is 0 Å². The molecule has 0 radical (unpaired) electrons. The lowest BCUT2D eigenvalue weighted by Crippen LogP contribution is -2.09. The van der Waals surface area contributed by atoms with Gasteiger partial charge in [0, 0.05) is 16.1 Å². The van der Waals surface area contributed by atoms with E-state index in [1.165, 1.54) is 11.3 Å². The molecule has 7 nitrogen and oxygen atoms in total. The molecule has 0 amide bonds. The summed E-state index contributed by atoms with van der Waals surface area (Å²) in [5.41, 5.74) is 1.79. The molecule has 4 aromatic rings. The van der Waals surface area contributed by atoms with Crippen LogP contribution in [0.1, 0.15) is 17.1 Å². The van der Waals surface area contributed by atoms with Crippen molar-refractivity contribution in [1.82, 2.24) is 15.3 Å². The fourth-order valence-corrected chi connectivity index (χ4v) is 4.71. The summed E-state index contributed by atoms with van der Waals surface area (Å²) in [5, 5.41) is 10.2. The van der Waals surface area contributed by atoms with Gasteiger partial charge in [-0.3, -0.25) is 0 Å². The molecule has 0 spiro atoms. The second-order valence-corrected chi connectivity index (χ2v) is 9.56. The lowest BCUT2D eigenvalue weighted by Gasteiger charge is -2.00. The van der Waals surface area contributed by atoms with Crippen molar-refractivity contribution in [1.29, 1.82) is 0 Å². The van der Waals surface area contributed by atoms with E-state index in [-0.39, 0.29) is 17.3 Å². The number of hydrogen-bond acceptors (Lipinski definition) is 8. The summed E-state index contributed by atoms with van der Waals surface area (Å²) in [4.78, 5) is 4.95. The van der Waals surface area contributed by atoms with E-state index in [1.807, 2.05) is 17.5 Å². The van der Waals surface area contributed by atoms with Gasteiger partial charge in [0.15, 0.2) is 21.4 Å². The van der Waals surface area contributed by atoms with Crippen molar-refractivity contribution in [2.45, 2.75) is 18.4 Å². The minimum atomic E-state index is -3.57. The zero-order chi connectivity index (χ0) is 19.7. The van der Waals surface area contributed by atoms with Crippen LogP contribution in [0.2, 0.25) is 5.02 Å². The highest BCUT2D eigenvalue weighted by Crippen LogP contribution is 2.28. The summed E-state index contributed by atoms with van der Waals surface area (Å²) in [7, 11) is -3.57. The molecule has 0 fully saturated rings. The first kappa shape index (κ1) is 18.9. The monoisotopic (exact) mass is 435 g/mol. The molecule has 0 bridgehead atoms. The van der Waals surface area contributed by atoms with Crippen molar-refractivity contribution in [2.24, 2.45) is 0 Å². The Morgan fingerprint density at radius 3 is 2.57 bits per heavy atom. The van der Waals surface area contributed by atoms with E-state index in [9.17, 15) is 8.42 Å². The summed E-state index contributed by atoms with van der Waals surface area (Å²) < 4.78 is 35.7. The predicted molar refractivity (Wildman–Crippen MR) is 106 cm³/mol. The van der Waals surface area contributed by atoms with E-state index in [4.69, 9.17) is 20.6 Å². The van der Waals surface area contributed by atoms with Gasteiger partial charge in [0.05, 0.1) is 10.6 Å². The number of nitrogens with zero attached hydrogens (tertiary/aromatic N) is 3. The highest BCUT2D eigenvalue weighted by atomic mass is 35.5. The lowest BCUT2D eigenvalue weighted by molar-refractivity contribution is 0.424. The summed E-state index contributed by atoms with van der Waals surface area (Å²) in [6.07, 6.45) is 0. The Morgan fingerprint density at radius 1 is 1.07 bits per heavy atom. The molecular weight excluding hydrogens is 422 g/mol. The summed E-state index contributed by atoms with van der Waals surface area (Å²) in [6, 6.07) is 10.7. The number of sulfone groups is 1. The van der Waals surface area contributed by atoms with Gasteiger partial charge in [-0.15, -0.1) is 11.3 Å². The average Bonchev–Trinajstić information content (AvgIpc) is 3.38. The van der Waals surface area contributed by atoms with Gasteiger partial charge in [-0.2, -0.15) is 4.98 Å². The van der Waals surface area contributed by atoms with Crippen LogP contribution < -0.4 is 0 Å². The normalized spacial score (nSPS) is 11.8. The third kappa shape index (κ3) is 4.01. The van der Waals surface area contributed by atoms with Crippen molar-refractivity contribution >= 4 is 32.8 Å². The quantitative estimate of drug-likeness (QED) is 0.438. The second-order valence-electron chi connectivity index (χ2n) is 6.12. The van der Waals surface area contributed by atoms with Gasteiger partial charge >= 0.3 is 0 Å². The average molecular weight is 436 g/mol. The molecule has 0 saturated heterocycles. The van der Waals surface area contributed by atoms with Crippen LogP contribution in [0.5, 0.6) is 0 Å².